The first-order valence-electron chi connectivity index (χ1n) is 4.37. The van der Waals surface area contributed by atoms with Gasteiger partial charge in [0.1, 0.15) is 0 Å². The lowest BCUT2D eigenvalue weighted by atomic mass is 10.3. The van der Waals surface area contributed by atoms with Gasteiger partial charge in [-0.15, -0.1) is 11.3 Å². The van der Waals surface area contributed by atoms with Crippen molar-refractivity contribution in [1.29, 1.82) is 0 Å². The first-order chi connectivity index (χ1) is 5.88. The van der Waals surface area contributed by atoms with E-state index >= 15 is 0 Å². The molecule has 0 atom stereocenters. The van der Waals surface area contributed by atoms with E-state index in [0.717, 1.165) is 25.3 Å². The van der Waals surface area contributed by atoms with Crippen LogP contribution >= 0.6 is 11.3 Å². The van der Waals surface area contributed by atoms with Gasteiger partial charge in [0.25, 0.3) is 0 Å². The highest BCUT2D eigenvalue weighted by atomic mass is 32.1. The summed E-state index contributed by atoms with van der Waals surface area (Å²) in [4.78, 5) is 5.55. The van der Waals surface area contributed by atoms with Crippen LogP contribution in [0, 0.1) is 0 Å². The Morgan fingerprint density at radius 2 is 2.33 bits per heavy atom. The molecule has 2 heterocycles. The topological polar surface area (TPSA) is 22.1 Å². The van der Waals surface area contributed by atoms with Crippen molar-refractivity contribution in [1.82, 2.24) is 4.98 Å². The second-order valence-corrected chi connectivity index (χ2v) is 3.67. The van der Waals surface area contributed by atoms with Crippen LogP contribution in [-0.4, -0.2) is 11.6 Å². The maximum Gasteiger partial charge on any atom is 0.0899 e. The highest BCUT2D eigenvalue weighted by Gasteiger charge is 2.10. The summed E-state index contributed by atoms with van der Waals surface area (Å²) in [6.45, 7) is 5.84. The molecule has 0 saturated heterocycles. The van der Waals surface area contributed by atoms with Gasteiger partial charge in [-0.2, -0.15) is 0 Å². The van der Waals surface area contributed by atoms with E-state index in [4.69, 9.17) is 4.74 Å². The number of hydrogen-bond acceptors (Lipinski definition) is 3. The van der Waals surface area contributed by atoms with Crippen molar-refractivity contribution in [3.63, 3.8) is 0 Å². The third-order valence-electron chi connectivity index (χ3n) is 1.44. The molecule has 1 aliphatic heterocycles. The number of hydrogen-bond donors (Lipinski definition) is 0. The number of nitrogens with zero attached hydrogens (tertiary/aromatic N) is 1. The minimum atomic E-state index is 0.721. The molecule has 0 spiro atoms. The van der Waals surface area contributed by atoms with Crippen LogP contribution < -0.4 is 0 Å². The highest BCUT2D eigenvalue weighted by Crippen LogP contribution is 2.18. The van der Waals surface area contributed by atoms with Crippen LogP contribution in [-0.2, 0) is 17.8 Å². The Morgan fingerprint density at radius 3 is 3.00 bits per heavy atom. The third kappa shape index (κ3) is 2.57. The van der Waals surface area contributed by atoms with E-state index in [2.05, 4.69) is 18.8 Å². The molecule has 12 heavy (non-hydrogen) atoms. The Bertz CT molecular complexity index is 202. The SMILES string of the molecule is CCC.c1nc2c(s1)CCOC2. The van der Waals surface area contributed by atoms with Crippen molar-refractivity contribution >= 4 is 11.3 Å². The quantitative estimate of drug-likeness (QED) is 0.620. The number of aromatic nitrogens is 1. The lowest BCUT2D eigenvalue weighted by Gasteiger charge is -2.08. The zero-order chi connectivity index (χ0) is 8.81. The second kappa shape index (κ2) is 5.27. The fourth-order valence-corrected chi connectivity index (χ4v) is 1.70. The van der Waals surface area contributed by atoms with Crippen LogP contribution in [0.15, 0.2) is 5.51 Å². The zero-order valence-corrected chi connectivity index (χ0v) is 8.49. The average molecular weight is 185 g/mol. The maximum atomic E-state index is 5.20. The number of ether oxygens (including phenoxy) is 1. The highest BCUT2D eigenvalue weighted by molar-refractivity contribution is 7.09. The van der Waals surface area contributed by atoms with E-state index in [0.29, 0.717) is 0 Å². The molecule has 1 aliphatic rings. The first-order valence-corrected chi connectivity index (χ1v) is 5.25. The van der Waals surface area contributed by atoms with Crippen molar-refractivity contribution in [3.05, 3.63) is 16.1 Å². The monoisotopic (exact) mass is 185 g/mol. The molecule has 1 aromatic heterocycles. The minimum Gasteiger partial charge on any atom is -0.375 e. The molecule has 2 nitrogen and oxygen atoms in total. The summed E-state index contributed by atoms with van der Waals surface area (Å²) in [7, 11) is 0. The van der Waals surface area contributed by atoms with Crippen LogP contribution in [0.3, 0.4) is 0 Å². The first kappa shape index (κ1) is 9.68. The molecule has 3 heteroatoms. The summed E-state index contributed by atoms with van der Waals surface area (Å²) < 4.78 is 5.20. The molecule has 1 aromatic rings. The number of rotatable bonds is 0. The van der Waals surface area contributed by atoms with E-state index in [-0.39, 0.29) is 0 Å². The summed E-state index contributed by atoms with van der Waals surface area (Å²) in [5, 5.41) is 0. The standard InChI is InChI=1S/C6H7NOS.C3H8/c1-2-8-3-5-6(1)9-4-7-5;1-3-2/h4H,1-3H2;3H2,1-2H3. The number of thiazole rings is 1. The van der Waals surface area contributed by atoms with Gasteiger partial charge in [0.2, 0.25) is 0 Å². The smallest absolute Gasteiger partial charge is 0.0899 e. The molecule has 0 aliphatic carbocycles. The van der Waals surface area contributed by atoms with Crippen molar-refractivity contribution < 1.29 is 4.74 Å². The molecule has 0 radical (unpaired) electrons. The second-order valence-electron chi connectivity index (χ2n) is 2.73. The van der Waals surface area contributed by atoms with Gasteiger partial charge in [0.15, 0.2) is 0 Å². The number of fused-ring (bicyclic) bond motifs is 1. The van der Waals surface area contributed by atoms with Crippen molar-refractivity contribution in [2.45, 2.75) is 33.3 Å². The van der Waals surface area contributed by atoms with Crippen molar-refractivity contribution in [2.24, 2.45) is 0 Å². The van der Waals surface area contributed by atoms with E-state index in [1.54, 1.807) is 11.3 Å². The molecule has 0 saturated carbocycles. The fourth-order valence-electron chi connectivity index (χ4n) is 0.948. The summed E-state index contributed by atoms with van der Waals surface area (Å²) in [5.41, 5.74) is 3.03. The van der Waals surface area contributed by atoms with Gasteiger partial charge in [0.05, 0.1) is 24.4 Å². The summed E-state index contributed by atoms with van der Waals surface area (Å²) in [5.74, 6) is 0. The Kier molecular flexibility index (Phi) is 4.25. The van der Waals surface area contributed by atoms with Crippen molar-refractivity contribution in [2.75, 3.05) is 6.61 Å². The van der Waals surface area contributed by atoms with Gasteiger partial charge < -0.3 is 4.74 Å². The normalized spacial score (nSPS) is 14.5. The van der Waals surface area contributed by atoms with Gasteiger partial charge in [-0.05, 0) is 0 Å². The molecule has 0 N–H and O–H groups in total. The molecule has 0 bridgehead atoms. The Morgan fingerprint density at radius 1 is 1.58 bits per heavy atom. The maximum absolute atomic E-state index is 5.20. The Balaban J connectivity index is 0.000000213. The van der Waals surface area contributed by atoms with Gasteiger partial charge in [-0.3, -0.25) is 0 Å². The van der Waals surface area contributed by atoms with E-state index in [1.165, 1.54) is 11.3 Å². The lowest BCUT2D eigenvalue weighted by Crippen LogP contribution is -2.07. The predicted molar refractivity (Wildman–Crippen MR) is 51.4 cm³/mol. The predicted octanol–water partition coefficient (Wildman–Crippen LogP) is 2.63. The Labute approximate surface area is 77.6 Å². The van der Waals surface area contributed by atoms with Gasteiger partial charge in [-0.25, -0.2) is 4.98 Å². The summed E-state index contributed by atoms with van der Waals surface area (Å²) >= 11 is 1.73. The molecule has 0 unspecified atom stereocenters. The average Bonchev–Trinajstić information content (AvgIpc) is 2.52. The molecule has 2 rings (SSSR count). The zero-order valence-electron chi connectivity index (χ0n) is 7.67. The van der Waals surface area contributed by atoms with Crippen LogP contribution in [0.2, 0.25) is 0 Å². The van der Waals surface area contributed by atoms with Crippen LogP contribution in [0.4, 0.5) is 0 Å². The Hall–Kier alpha value is -0.410. The largest absolute Gasteiger partial charge is 0.375 e. The van der Waals surface area contributed by atoms with Crippen LogP contribution in [0.25, 0.3) is 0 Å². The molecular weight excluding hydrogens is 170 g/mol. The van der Waals surface area contributed by atoms with Gasteiger partial charge in [0, 0.05) is 11.3 Å². The molecular formula is C9H15NOS. The molecule has 0 aromatic carbocycles. The van der Waals surface area contributed by atoms with E-state index in [9.17, 15) is 0 Å². The van der Waals surface area contributed by atoms with Crippen LogP contribution in [0.5, 0.6) is 0 Å². The van der Waals surface area contributed by atoms with Gasteiger partial charge >= 0.3 is 0 Å². The van der Waals surface area contributed by atoms with Crippen molar-refractivity contribution in [3.8, 4) is 0 Å². The third-order valence-corrected chi connectivity index (χ3v) is 2.37. The van der Waals surface area contributed by atoms with E-state index in [1.807, 2.05) is 5.51 Å². The summed E-state index contributed by atoms with van der Waals surface area (Å²) in [6.07, 6.45) is 2.31. The van der Waals surface area contributed by atoms with Gasteiger partial charge in [-0.1, -0.05) is 20.3 Å². The van der Waals surface area contributed by atoms with E-state index < -0.39 is 0 Å². The fraction of sp³-hybridized carbons (Fsp3) is 0.667. The summed E-state index contributed by atoms with van der Waals surface area (Å²) in [6, 6.07) is 0. The lowest BCUT2D eigenvalue weighted by molar-refractivity contribution is 0.109. The van der Waals surface area contributed by atoms with Crippen LogP contribution in [0.1, 0.15) is 30.8 Å². The minimum absolute atomic E-state index is 0.721. The molecule has 0 amide bonds. The molecule has 68 valence electrons. The molecule has 0 fully saturated rings.